The van der Waals surface area contributed by atoms with Gasteiger partial charge in [-0.05, 0) is 0 Å². The van der Waals surface area contributed by atoms with Gasteiger partial charge in [-0.2, -0.15) is 0 Å². The van der Waals surface area contributed by atoms with Crippen molar-refractivity contribution < 1.29 is 29.2 Å². The first-order valence-electron chi connectivity index (χ1n) is 8.73. The number of rotatable bonds is 4. The zero-order valence-corrected chi connectivity index (χ0v) is 14.2. The van der Waals surface area contributed by atoms with Crippen molar-refractivity contribution in [3.8, 4) is 0 Å². The van der Waals surface area contributed by atoms with Gasteiger partial charge in [-0.15, -0.1) is 0 Å². The molecule has 6 atom stereocenters. The van der Waals surface area contributed by atoms with Gasteiger partial charge in [0.05, 0.1) is 13.2 Å². The van der Waals surface area contributed by atoms with Crippen LogP contribution >= 0.6 is 0 Å². The highest BCUT2D eigenvalue weighted by Gasteiger charge is 2.47. The molecule has 0 spiro atoms. The van der Waals surface area contributed by atoms with Gasteiger partial charge in [0.2, 0.25) is 0 Å². The number of aliphatic hydroxyl groups is 2. The van der Waals surface area contributed by atoms with E-state index >= 15 is 0 Å². The molecule has 0 saturated carbocycles. The van der Waals surface area contributed by atoms with Gasteiger partial charge in [-0.25, -0.2) is 0 Å². The molecule has 0 aromatic heterocycles. The fourth-order valence-electron chi connectivity index (χ4n) is 3.34. The van der Waals surface area contributed by atoms with E-state index in [1.807, 2.05) is 60.7 Å². The Morgan fingerprint density at radius 2 is 1.35 bits per heavy atom. The Morgan fingerprint density at radius 1 is 0.769 bits per heavy atom. The Balaban J connectivity index is 1.52. The van der Waals surface area contributed by atoms with E-state index in [0.717, 1.165) is 11.1 Å². The lowest BCUT2D eigenvalue weighted by Crippen LogP contribution is -2.51. The monoisotopic (exact) mass is 358 g/mol. The lowest BCUT2D eigenvalue weighted by atomic mass is 10.0. The Bertz CT molecular complexity index is 656. The minimum atomic E-state index is -0.868. The van der Waals surface area contributed by atoms with Crippen molar-refractivity contribution in [1.29, 1.82) is 0 Å². The third kappa shape index (κ3) is 3.53. The number of benzene rings is 2. The van der Waals surface area contributed by atoms with Gasteiger partial charge in [0.15, 0.2) is 12.6 Å². The fraction of sp³-hybridized carbons (Fsp3) is 0.400. The van der Waals surface area contributed by atoms with Crippen molar-refractivity contribution in [2.24, 2.45) is 0 Å². The van der Waals surface area contributed by atoms with Crippen LogP contribution in [0.2, 0.25) is 0 Å². The van der Waals surface area contributed by atoms with Gasteiger partial charge in [0.25, 0.3) is 0 Å². The second-order valence-corrected chi connectivity index (χ2v) is 6.44. The SMILES string of the molecule is OC[C@@H]1OC(c2ccccc2)O[C@H]1[C@@H]1OC(c2ccccc2)OC[C@H]1O. The smallest absolute Gasteiger partial charge is 0.184 e. The van der Waals surface area contributed by atoms with Gasteiger partial charge < -0.3 is 29.2 Å². The molecule has 2 aromatic carbocycles. The molecule has 2 aromatic rings. The molecule has 0 radical (unpaired) electrons. The summed E-state index contributed by atoms with van der Waals surface area (Å²) in [6, 6.07) is 19.0. The summed E-state index contributed by atoms with van der Waals surface area (Å²) in [7, 11) is 0. The summed E-state index contributed by atoms with van der Waals surface area (Å²) in [5.41, 5.74) is 1.72. The van der Waals surface area contributed by atoms with Crippen LogP contribution in [-0.4, -0.2) is 47.8 Å². The minimum Gasteiger partial charge on any atom is -0.394 e. The minimum absolute atomic E-state index is 0.123. The quantitative estimate of drug-likeness (QED) is 0.870. The molecule has 138 valence electrons. The van der Waals surface area contributed by atoms with E-state index in [-0.39, 0.29) is 13.2 Å². The maximum atomic E-state index is 10.4. The molecule has 0 aliphatic carbocycles. The molecule has 2 saturated heterocycles. The molecule has 2 heterocycles. The van der Waals surface area contributed by atoms with Crippen LogP contribution < -0.4 is 0 Å². The van der Waals surface area contributed by atoms with E-state index < -0.39 is 37.0 Å². The van der Waals surface area contributed by atoms with Crippen LogP contribution in [0.15, 0.2) is 60.7 Å². The van der Waals surface area contributed by atoms with Crippen LogP contribution in [0.5, 0.6) is 0 Å². The Hall–Kier alpha value is -1.80. The maximum absolute atomic E-state index is 10.4. The van der Waals surface area contributed by atoms with Gasteiger partial charge in [-0.1, -0.05) is 60.7 Å². The number of aliphatic hydroxyl groups excluding tert-OH is 2. The van der Waals surface area contributed by atoms with E-state index in [1.54, 1.807) is 0 Å². The first-order chi connectivity index (χ1) is 12.8. The van der Waals surface area contributed by atoms with Gasteiger partial charge >= 0.3 is 0 Å². The molecule has 6 nitrogen and oxygen atoms in total. The number of ether oxygens (including phenoxy) is 4. The summed E-state index contributed by atoms with van der Waals surface area (Å²) in [5, 5.41) is 20.1. The van der Waals surface area contributed by atoms with Crippen molar-refractivity contribution in [2.45, 2.75) is 37.0 Å². The standard InChI is InChI=1S/C20H22O6/c21-11-16-18(26-20(24-16)14-9-5-2-6-10-14)17-15(22)12-23-19(25-17)13-7-3-1-4-8-13/h1-10,15-22H,11-12H2/t15-,16+,17-,18-,19?,20?/m1/s1. The second-order valence-electron chi connectivity index (χ2n) is 6.44. The molecule has 0 amide bonds. The highest BCUT2D eigenvalue weighted by Crippen LogP contribution is 2.37. The average molecular weight is 358 g/mol. The molecule has 2 aliphatic heterocycles. The molecule has 0 bridgehead atoms. The Morgan fingerprint density at radius 3 is 1.96 bits per heavy atom. The largest absolute Gasteiger partial charge is 0.394 e. The average Bonchev–Trinajstić information content (AvgIpc) is 3.14. The van der Waals surface area contributed by atoms with Crippen molar-refractivity contribution in [3.63, 3.8) is 0 Å². The van der Waals surface area contributed by atoms with E-state index in [0.29, 0.717) is 0 Å². The van der Waals surface area contributed by atoms with E-state index in [1.165, 1.54) is 0 Å². The summed E-state index contributed by atoms with van der Waals surface area (Å²) in [5.74, 6) is 0. The van der Waals surface area contributed by atoms with Crippen LogP contribution in [0.3, 0.4) is 0 Å². The van der Waals surface area contributed by atoms with Gasteiger partial charge in [0, 0.05) is 11.1 Å². The molecular weight excluding hydrogens is 336 g/mol. The molecule has 26 heavy (non-hydrogen) atoms. The van der Waals surface area contributed by atoms with E-state index in [4.69, 9.17) is 18.9 Å². The number of hydrogen-bond donors (Lipinski definition) is 2. The Kier molecular flexibility index (Phi) is 5.31. The lowest BCUT2D eigenvalue weighted by molar-refractivity contribution is -0.279. The summed E-state index contributed by atoms with van der Waals surface area (Å²) in [6.07, 6.45) is -3.92. The summed E-state index contributed by atoms with van der Waals surface area (Å²) >= 11 is 0. The summed E-state index contributed by atoms with van der Waals surface area (Å²) < 4.78 is 23.5. The highest BCUT2D eigenvalue weighted by molar-refractivity contribution is 5.18. The third-order valence-electron chi connectivity index (χ3n) is 4.67. The second kappa shape index (κ2) is 7.84. The van der Waals surface area contributed by atoms with Crippen LogP contribution in [0, 0.1) is 0 Å². The van der Waals surface area contributed by atoms with Crippen LogP contribution in [0.1, 0.15) is 23.7 Å². The third-order valence-corrected chi connectivity index (χ3v) is 4.67. The molecule has 2 fully saturated rings. The van der Waals surface area contributed by atoms with Crippen molar-refractivity contribution in [3.05, 3.63) is 71.8 Å². The molecule has 2 aliphatic rings. The fourth-order valence-corrected chi connectivity index (χ4v) is 3.34. The number of hydrogen-bond acceptors (Lipinski definition) is 6. The predicted molar refractivity (Wildman–Crippen MR) is 92.0 cm³/mol. The zero-order chi connectivity index (χ0) is 17.9. The van der Waals surface area contributed by atoms with Crippen LogP contribution in [0.4, 0.5) is 0 Å². The Labute approximate surface area is 151 Å². The lowest BCUT2D eigenvalue weighted by Gasteiger charge is -2.37. The molecule has 4 rings (SSSR count). The highest BCUT2D eigenvalue weighted by atomic mass is 16.8. The van der Waals surface area contributed by atoms with Crippen molar-refractivity contribution >= 4 is 0 Å². The van der Waals surface area contributed by atoms with Crippen LogP contribution in [-0.2, 0) is 18.9 Å². The van der Waals surface area contributed by atoms with Gasteiger partial charge in [0.1, 0.15) is 24.4 Å². The first-order valence-corrected chi connectivity index (χ1v) is 8.73. The summed E-state index contributed by atoms with van der Waals surface area (Å²) in [4.78, 5) is 0. The normalized spacial score (nSPS) is 34.7. The van der Waals surface area contributed by atoms with E-state index in [2.05, 4.69) is 0 Å². The molecule has 6 heteroatoms. The van der Waals surface area contributed by atoms with Crippen molar-refractivity contribution in [2.75, 3.05) is 13.2 Å². The van der Waals surface area contributed by atoms with E-state index in [9.17, 15) is 10.2 Å². The van der Waals surface area contributed by atoms with Crippen molar-refractivity contribution in [1.82, 2.24) is 0 Å². The maximum Gasteiger partial charge on any atom is 0.184 e. The topological polar surface area (TPSA) is 77.4 Å². The molecular formula is C20H22O6. The van der Waals surface area contributed by atoms with Crippen LogP contribution in [0.25, 0.3) is 0 Å². The van der Waals surface area contributed by atoms with Gasteiger partial charge in [-0.3, -0.25) is 0 Å². The molecule has 2 N–H and O–H groups in total. The zero-order valence-electron chi connectivity index (χ0n) is 14.2. The first kappa shape index (κ1) is 17.6. The predicted octanol–water partition coefficient (Wildman–Crippen LogP) is 1.94. The molecule has 2 unspecified atom stereocenters. The summed E-state index contributed by atoms with van der Waals surface area (Å²) in [6.45, 7) is -0.102.